The second-order valence-corrected chi connectivity index (χ2v) is 4.52. The van der Waals surface area contributed by atoms with Crippen LogP contribution in [0.25, 0.3) is 0 Å². The summed E-state index contributed by atoms with van der Waals surface area (Å²) in [5.74, 6) is -0.127. The number of methoxy groups -OCH3 is 1. The van der Waals surface area contributed by atoms with Gasteiger partial charge in [0.2, 0.25) is 0 Å². The van der Waals surface area contributed by atoms with E-state index in [9.17, 15) is 9.59 Å². The zero-order valence-electron chi connectivity index (χ0n) is 11.6. The smallest absolute Gasteiger partial charge is 0.325 e. The van der Waals surface area contributed by atoms with Crippen molar-refractivity contribution in [3.63, 3.8) is 0 Å². The van der Waals surface area contributed by atoms with Gasteiger partial charge in [0.1, 0.15) is 12.3 Å². The average molecular weight is 278 g/mol. The van der Waals surface area contributed by atoms with Crippen LogP contribution < -0.4 is 15.4 Å². The van der Waals surface area contributed by atoms with E-state index in [4.69, 9.17) is 10.5 Å². The standard InChI is InChI=1S/C14H18N2O4/c1-3-11-14(18)16(8-13(17)19-2)10-5-4-9(7-15)6-12(10)20-11/h4-6,11H,3,7-8,15H2,1-2H3. The van der Waals surface area contributed by atoms with Crippen LogP contribution in [0.3, 0.4) is 0 Å². The molecule has 1 unspecified atom stereocenters. The lowest BCUT2D eigenvalue weighted by Crippen LogP contribution is -2.48. The molecule has 1 aliphatic rings. The van der Waals surface area contributed by atoms with Gasteiger partial charge in [-0.25, -0.2) is 0 Å². The molecule has 6 nitrogen and oxygen atoms in total. The molecule has 6 heteroatoms. The topological polar surface area (TPSA) is 81.9 Å². The van der Waals surface area contributed by atoms with E-state index in [0.717, 1.165) is 5.56 Å². The van der Waals surface area contributed by atoms with Crippen LogP contribution >= 0.6 is 0 Å². The first-order chi connectivity index (χ1) is 9.60. The number of fused-ring (bicyclic) bond motifs is 1. The van der Waals surface area contributed by atoms with Crippen molar-refractivity contribution in [3.05, 3.63) is 23.8 Å². The molecule has 1 aromatic rings. The molecule has 20 heavy (non-hydrogen) atoms. The van der Waals surface area contributed by atoms with E-state index in [1.165, 1.54) is 12.0 Å². The molecule has 1 amide bonds. The summed E-state index contributed by atoms with van der Waals surface area (Å²) in [6, 6.07) is 5.35. The molecule has 0 fully saturated rings. The van der Waals surface area contributed by atoms with Gasteiger partial charge in [-0.1, -0.05) is 13.0 Å². The Morgan fingerprint density at radius 1 is 1.50 bits per heavy atom. The first-order valence-electron chi connectivity index (χ1n) is 6.48. The van der Waals surface area contributed by atoms with Gasteiger partial charge in [-0.2, -0.15) is 0 Å². The van der Waals surface area contributed by atoms with Crippen molar-refractivity contribution in [1.82, 2.24) is 0 Å². The summed E-state index contributed by atoms with van der Waals surface area (Å²) in [5.41, 5.74) is 7.08. The number of anilines is 1. The maximum Gasteiger partial charge on any atom is 0.325 e. The number of carbonyl (C=O) groups excluding carboxylic acids is 2. The van der Waals surface area contributed by atoms with Gasteiger partial charge in [-0.3, -0.25) is 14.5 Å². The van der Waals surface area contributed by atoms with Gasteiger partial charge in [-0.15, -0.1) is 0 Å². The van der Waals surface area contributed by atoms with Crippen LogP contribution in [0.2, 0.25) is 0 Å². The highest BCUT2D eigenvalue weighted by atomic mass is 16.5. The van der Waals surface area contributed by atoms with Crippen molar-refractivity contribution in [3.8, 4) is 5.75 Å². The fourth-order valence-electron chi connectivity index (χ4n) is 2.11. The zero-order valence-corrected chi connectivity index (χ0v) is 11.6. The van der Waals surface area contributed by atoms with Crippen molar-refractivity contribution in [2.24, 2.45) is 5.73 Å². The molecular formula is C14H18N2O4. The van der Waals surface area contributed by atoms with Gasteiger partial charge in [-0.05, 0) is 24.1 Å². The molecule has 1 aliphatic heterocycles. The van der Waals surface area contributed by atoms with E-state index >= 15 is 0 Å². The molecule has 2 rings (SSSR count). The van der Waals surface area contributed by atoms with Gasteiger partial charge >= 0.3 is 5.97 Å². The SMILES string of the molecule is CCC1Oc2cc(CN)ccc2N(CC(=O)OC)C1=O. The second kappa shape index (κ2) is 5.92. The quantitative estimate of drug-likeness (QED) is 0.825. The molecule has 2 N–H and O–H groups in total. The van der Waals surface area contributed by atoms with Crippen LogP contribution in [0.15, 0.2) is 18.2 Å². The number of ether oxygens (including phenoxy) is 2. The predicted molar refractivity (Wildman–Crippen MR) is 73.4 cm³/mol. The van der Waals surface area contributed by atoms with Crippen molar-refractivity contribution < 1.29 is 19.1 Å². The van der Waals surface area contributed by atoms with Gasteiger partial charge in [0, 0.05) is 6.54 Å². The summed E-state index contributed by atoms with van der Waals surface area (Å²) in [6.07, 6.45) is -0.0526. The molecule has 0 saturated carbocycles. The van der Waals surface area contributed by atoms with Crippen LogP contribution in [0.1, 0.15) is 18.9 Å². The Bertz CT molecular complexity index is 530. The first kappa shape index (κ1) is 14.3. The number of carbonyl (C=O) groups is 2. The van der Waals surface area contributed by atoms with E-state index in [-0.39, 0.29) is 12.5 Å². The molecule has 0 radical (unpaired) electrons. The Morgan fingerprint density at radius 2 is 2.25 bits per heavy atom. The first-order valence-corrected chi connectivity index (χ1v) is 6.48. The minimum atomic E-state index is -0.583. The van der Waals surface area contributed by atoms with Crippen LogP contribution in [-0.4, -0.2) is 31.6 Å². The number of rotatable bonds is 4. The Hall–Kier alpha value is -2.08. The van der Waals surface area contributed by atoms with Gasteiger partial charge in [0.05, 0.1) is 12.8 Å². The third-order valence-corrected chi connectivity index (χ3v) is 3.25. The highest BCUT2D eigenvalue weighted by Crippen LogP contribution is 2.35. The second-order valence-electron chi connectivity index (χ2n) is 4.52. The van der Waals surface area contributed by atoms with Crippen molar-refractivity contribution >= 4 is 17.6 Å². The summed E-state index contributed by atoms with van der Waals surface area (Å²) >= 11 is 0. The number of amides is 1. The highest BCUT2D eigenvalue weighted by Gasteiger charge is 2.34. The number of hydrogen-bond donors (Lipinski definition) is 1. The molecule has 1 heterocycles. The van der Waals surface area contributed by atoms with Crippen molar-refractivity contribution in [1.29, 1.82) is 0 Å². The number of benzene rings is 1. The molecule has 0 bridgehead atoms. The zero-order chi connectivity index (χ0) is 14.7. The maximum atomic E-state index is 12.3. The number of nitrogens with zero attached hydrogens (tertiary/aromatic N) is 1. The van der Waals surface area contributed by atoms with E-state index in [0.29, 0.717) is 24.4 Å². The van der Waals surface area contributed by atoms with Gasteiger partial charge < -0.3 is 15.2 Å². The molecule has 0 spiro atoms. The maximum absolute atomic E-state index is 12.3. The Kier molecular flexibility index (Phi) is 4.24. The number of esters is 1. The van der Waals surface area contributed by atoms with E-state index < -0.39 is 12.1 Å². The highest BCUT2D eigenvalue weighted by molar-refractivity contribution is 6.03. The lowest BCUT2D eigenvalue weighted by molar-refractivity contribution is -0.140. The third kappa shape index (κ3) is 2.60. The average Bonchev–Trinajstić information content (AvgIpc) is 2.48. The van der Waals surface area contributed by atoms with Crippen LogP contribution in [0.4, 0.5) is 5.69 Å². The predicted octanol–water partition coefficient (Wildman–Crippen LogP) is 0.822. The minimum Gasteiger partial charge on any atom is -0.478 e. The normalized spacial score (nSPS) is 17.4. The summed E-state index contributed by atoms with van der Waals surface area (Å²) in [6.45, 7) is 2.12. The lowest BCUT2D eigenvalue weighted by atomic mass is 10.1. The monoisotopic (exact) mass is 278 g/mol. The third-order valence-electron chi connectivity index (χ3n) is 3.25. The Balaban J connectivity index is 2.40. The van der Waals surface area contributed by atoms with E-state index in [1.54, 1.807) is 12.1 Å². The van der Waals surface area contributed by atoms with E-state index in [1.807, 2.05) is 13.0 Å². The molecule has 0 saturated heterocycles. The van der Waals surface area contributed by atoms with Gasteiger partial charge in [0.25, 0.3) is 5.91 Å². The largest absolute Gasteiger partial charge is 0.478 e. The molecular weight excluding hydrogens is 260 g/mol. The van der Waals surface area contributed by atoms with E-state index in [2.05, 4.69) is 4.74 Å². The fraction of sp³-hybridized carbons (Fsp3) is 0.429. The fourth-order valence-corrected chi connectivity index (χ4v) is 2.11. The Labute approximate surface area is 117 Å². The van der Waals surface area contributed by atoms with Crippen LogP contribution in [0.5, 0.6) is 5.75 Å². The minimum absolute atomic E-state index is 0.121. The molecule has 1 aromatic carbocycles. The molecule has 108 valence electrons. The summed E-state index contributed by atoms with van der Waals surface area (Å²) < 4.78 is 10.3. The van der Waals surface area contributed by atoms with Crippen LogP contribution in [0, 0.1) is 0 Å². The summed E-state index contributed by atoms with van der Waals surface area (Å²) in [5, 5.41) is 0. The molecule has 0 aromatic heterocycles. The van der Waals surface area contributed by atoms with Gasteiger partial charge in [0.15, 0.2) is 6.10 Å². The Morgan fingerprint density at radius 3 is 2.85 bits per heavy atom. The van der Waals surface area contributed by atoms with Crippen molar-refractivity contribution in [2.75, 3.05) is 18.6 Å². The molecule has 0 aliphatic carbocycles. The lowest BCUT2D eigenvalue weighted by Gasteiger charge is -2.33. The number of nitrogens with two attached hydrogens (primary N) is 1. The summed E-state index contributed by atoms with van der Waals surface area (Å²) in [7, 11) is 1.29. The number of hydrogen-bond acceptors (Lipinski definition) is 5. The molecule has 1 atom stereocenters. The summed E-state index contributed by atoms with van der Waals surface area (Å²) in [4.78, 5) is 25.2. The van der Waals surface area contributed by atoms with Crippen molar-refractivity contribution in [2.45, 2.75) is 26.0 Å². The van der Waals surface area contributed by atoms with Crippen LogP contribution in [-0.2, 0) is 20.9 Å².